The molecule has 1 aliphatic heterocycles. The van der Waals surface area contributed by atoms with Crippen LogP contribution in [0.25, 0.3) is 0 Å². The number of rotatable bonds is 6. The highest BCUT2D eigenvalue weighted by Crippen LogP contribution is 2.23. The number of anilines is 1. The lowest BCUT2D eigenvalue weighted by Crippen LogP contribution is -2.26. The fourth-order valence-corrected chi connectivity index (χ4v) is 2.22. The van der Waals surface area contributed by atoms with Crippen LogP contribution in [0, 0.1) is 5.92 Å². The van der Waals surface area contributed by atoms with Crippen molar-refractivity contribution in [1.82, 2.24) is 0 Å². The van der Waals surface area contributed by atoms with Gasteiger partial charge in [-0.1, -0.05) is 13.0 Å². The Kier molecular flexibility index (Phi) is 4.88. The van der Waals surface area contributed by atoms with Gasteiger partial charge in [0.2, 0.25) is 0 Å². The molecule has 0 amide bonds. The maximum absolute atomic E-state index is 5.64. The zero-order valence-electron chi connectivity index (χ0n) is 11.3. The van der Waals surface area contributed by atoms with Gasteiger partial charge in [-0.05, 0) is 31.9 Å². The van der Waals surface area contributed by atoms with Crippen LogP contribution >= 0.6 is 0 Å². The molecule has 0 aliphatic carbocycles. The topological polar surface area (TPSA) is 30.5 Å². The normalized spacial score (nSPS) is 20.7. The van der Waals surface area contributed by atoms with Crippen molar-refractivity contribution in [2.75, 3.05) is 25.1 Å². The quantitative estimate of drug-likeness (QED) is 0.839. The lowest BCUT2D eigenvalue weighted by atomic mass is 10.0. The highest BCUT2D eigenvalue weighted by Gasteiger charge is 2.22. The summed E-state index contributed by atoms with van der Waals surface area (Å²) >= 11 is 0. The molecule has 3 nitrogen and oxygen atoms in total. The van der Waals surface area contributed by atoms with Crippen molar-refractivity contribution in [1.29, 1.82) is 0 Å². The molecule has 1 aromatic rings. The molecule has 1 N–H and O–H groups in total. The molecule has 1 aromatic carbocycles. The van der Waals surface area contributed by atoms with Gasteiger partial charge in [-0.3, -0.25) is 0 Å². The molecular formula is C15H23NO2. The number of hydrogen-bond acceptors (Lipinski definition) is 3. The molecule has 0 radical (unpaired) electrons. The molecule has 0 saturated carbocycles. The van der Waals surface area contributed by atoms with Gasteiger partial charge in [0.25, 0.3) is 0 Å². The average molecular weight is 249 g/mol. The standard InChI is InChI=1S/C15H23NO2/c1-3-8-18-15-6-4-5-14(10-15)16-12(2)13-7-9-17-11-13/h4-6,10,12-13,16H,3,7-9,11H2,1-2H3. The molecule has 0 spiro atoms. The Morgan fingerprint density at radius 2 is 2.39 bits per heavy atom. The van der Waals surface area contributed by atoms with E-state index in [0.29, 0.717) is 12.0 Å². The molecule has 0 aromatic heterocycles. The molecule has 1 heterocycles. The van der Waals surface area contributed by atoms with Gasteiger partial charge in [0, 0.05) is 30.3 Å². The largest absolute Gasteiger partial charge is 0.494 e. The van der Waals surface area contributed by atoms with Gasteiger partial charge >= 0.3 is 0 Å². The highest BCUT2D eigenvalue weighted by molar-refractivity contribution is 5.48. The van der Waals surface area contributed by atoms with Crippen molar-refractivity contribution < 1.29 is 9.47 Å². The van der Waals surface area contributed by atoms with Crippen LogP contribution in [0.5, 0.6) is 5.75 Å². The van der Waals surface area contributed by atoms with E-state index in [0.717, 1.165) is 44.1 Å². The Balaban J connectivity index is 1.91. The monoisotopic (exact) mass is 249 g/mol. The third-order valence-electron chi connectivity index (χ3n) is 3.37. The molecule has 2 atom stereocenters. The minimum absolute atomic E-state index is 0.439. The van der Waals surface area contributed by atoms with Crippen molar-refractivity contribution in [3.05, 3.63) is 24.3 Å². The van der Waals surface area contributed by atoms with Crippen molar-refractivity contribution in [2.45, 2.75) is 32.7 Å². The van der Waals surface area contributed by atoms with Crippen molar-refractivity contribution >= 4 is 5.69 Å². The molecule has 0 bridgehead atoms. The van der Waals surface area contributed by atoms with E-state index in [-0.39, 0.29) is 0 Å². The van der Waals surface area contributed by atoms with Crippen LogP contribution in [-0.2, 0) is 4.74 Å². The first-order valence-corrected chi connectivity index (χ1v) is 6.86. The van der Waals surface area contributed by atoms with E-state index in [1.807, 2.05) is 12.1 Å². The van der Waals surface area contributed by atoms with E-state index in [1.165, 1.54) is 0 Å². The van der Waals surface area contributed by atoms with Crippen molar-refractivity contribution in [3.8, 4) is 5.75 Å². The third-order valence-corrected chi connectivity index (χ3v) is 3.37. The average Bonchev–Trinajstić information content (AvgIpc) is 2.91. The Bertz CT molecular complexity index is 361. The van der Waals surface area contributed by atoms with Gasteiger partial charge in [0.05, 0.1) is 13.2 Å². The first-order chi connectivity index (χ1) is 8.79. The van der Waals surface area contributed by atoms with E-state index in [1.54, 1.807) is 0 Å². The fourth-order valence-electron chi connectivity index (χ4n) is 2.22. The zero-order valence-corrected chi connectivity index (χ0v) is 11.3. The summed E-state index contributed by atoms with van der Waals surface area (Å²) < 4.78 is 11.1. The van der Waals surface area contributed by atoms with Crippen molar-refractivity contribution in [2.24, 2.45) is 5.92 Å². The molecule has 100 valence electrons. The number of benzene rings is 1. The molecule has 18 heavy (non-hydrogen) atoms. The van der Waals surface area contributed by atoms with Crippen LogP contribution in [0.15, 0.2) is 24.3 Å². The van der Waals surface area contributed by atoms with Gasteiger partial charge in [-0.15, -0.1) is 0 Å². The minimum atomic E-state index is 0.439. The van der Waals surface area contributed by atoms with Gasteiger partial charge in [-0.2, -0.15) is 0 Å². The summed E-state index contributed by atoms with van der Waals surface area (Å²) in [6.45, 7) is 6.88. The molecular weight excluding hydrogens is 226 g/mol. The number of nitrogens with one attached hydrogen (secondary N) is 1. The first kappa shape index (κ1) is 13.2. The zero-order chi connectivity index (χ0) is 12.8. The Labute approximate surface area is 109 Å². The minimum Gasteiger partial charge on any atom is -0.494 e. The highest BCUT2D eigenvalue weighted by atomic mass is 16.5. The second-order valence-corrected chi connectivity index (χ2v) is 4.93. The number of hydrogen-bond donors (Lipinski definition) is 1. The summed E-state index contributed by atoms with van der Waals surface area (Å²) in [5, 5.41) is 3.54. The smallest absolute Gasteiger partial charge is 0.121 e. The maximum Gasteiger partial charge on any atom is 0.121 e. The van der Waals surface area contributed by atoms with Crippen LogP contribution < -0.4 is 10.1 Å². The Morgan fingerprint density at radius 1 is 1.50 bits per heavy atom. The second-order valence-electron chi connectivity index (χ2n) is 4.93. The summed E-state index contributed by atoms with van der Waals surface area (Å²) in [7, 11) is 0. The number of ether oxygens (including phenoxy) is 2. The lowest BCUT2D eigenvalue weighted by Gasteiger charge is -2.20. The summed E-state index contributed by atoms with van der Waals surface area (Å²) in [6, 6.07) is 8.64. The SMILES string of the molecule is CCCOc1cccc(NC(C)C2CCOC2)c1. The molecule has 2 rings (SSSR count). The molecule has 1 fully saturated rings. The Hall–Kier alpha value is -1.22. The molecule has 1 aliphatic rings. The van der Waals surface area contributed by atoms with E-state index in [2.05, 4.69) is 31.3 Å². The second kappa shape index (κ2) is 6.64. The summed E-state index contributed by atoms with van der Waals surface area (Å²) in [5.41, 5.74) is 1.13. The summed E-state index contributed by atoms with van der Waals surface area (Å²) in [4.78, 5) is 0. The lowest BCUT2D eigenvalue weighted by molar-refractivity contribution is 0.183. The predicted molar refractivity (Wildman–Crippen MR) is 74.2 cm³/mol. The molecule has 1 saturated heterocycles. The van der Waals surface area contributed by atoms with Gasteiger partial charge in [0.15, 0.2) is 0 Å². The summed E-state index contributed by atoms with van der Waals surface area (Å²) in [6.07, 6.45) is 2.19. The molecule has 2 unspecified atom stereocenters. The van der Waals surface area contributed by atoms with Crippen LogP contribution in [0.2, 0.25) is 0 Å². The van der Waals surface area contributed by atoms with E-state index >= 15 is 0 Å². The Morgan fingerprint density at radius 3 is 3.11 bits per heavy atom. The van der Waals surface area contributed by atoms with Crippen LogP contribution in [0.4, 0.5) is 5.69 Å². The summed E-state index contributed by atoms with van der Waals surface area (Å²) in [5.74, 6) is 1.56. The van der Waals surface area contributed by atoms with E-state index in [9.17, 15) is 0 Å². The third kappa shape index (κ3) is 3.64. The van der Waals surface area contributed by atoms with Crippen LogP contribution in [-0.4, -0.2) is 25.9 Å². The van der Waals surface area contributed by atoms with Crippen molar-refractivity contribution in [3.63, 3.8) is 0 Å². The van der Waals surface area contributed by atoms with Gasteiger partial charge in [0.1, 0.15) is 5.75 Å². The van der Waals surface area contributed by atoms with E-state index < -0.39 is 0 Å². The van der Waals surface area contributed by atoms with Gasteiger partial charge < -0.3 is 14.8 Å². The van der Waals surface area contributed by atoms with E-state index in [4.69, 9.17) is 9.47 Å². The first-order valence-electron chi connectivity index (χ1n) is 6.86. The maximum atomic E-state index is 5.64. The molecule has 3 heteroatoms. The fraction of sp³-hybridized carbons (Fsp3) is 0.600. The predicted octanol–water partition coefficient (Wildman–Crippen LogP) is 3.31. The van der Waals surface area contributed by atoms with Crippen LogP contribution in [0.1, 0.15) is 26.7 Å². The van der Waals surface area contributed by atoms with Gasteiger partial charge in [-0.25, -0.2) is 0 Å². The van der Waals surface area contributed by atoms with Crippen LogP contribution in [0.3, 0.4) is 0 Å².